The molecule has 5 N–H and O–H groups in total. The predicted molar refractivity (Wildman–Crippen MR) is 88.1 cm³/mol. The van der Waals surface area contributed by atoms with Crippen molar-refractivity contribution in [2.45, 2.75) is 31.7 Å². The van der Waals surface area contributed by atoms with Gasteiger partial charge in [0.25, 0.3) is 0 Å². The van der Waals surface area contributed by atoms with E-state index < -0.39 is 10.0 Å². The van der Waals surface area contributed by atoms with Crippen molar-refractivity contribution >= 4 is 32.7 Å². The van der Waals surface area contributed by atoms with Crippen LogP contribution in [0.15, 0.2) is 29.2 Å². The third kappa shape index (κ3) is 3.55. The molecule has 1 aromatic carbocycles. The van der Waals surface area contributed by atoms with E-state index >= 15 is 0 Å². The number of hydrogen-bond acceptors (Lipinski definition) is 5. The highest BCUT2D eigenvalue weighted by Gasteiger charge is 2.15. The van der Waals surface area contributed by atoms with Gasteiger partial charge in [0.2, 0.25) is 10.0 Å². The zero-order valence-electron chi connectivity index (χ0n) is 12.2. The van der Waals surface area contributed by atoms with E-state index in [1.807, 2.05) is 6.92 Å². The SMILES string of the molecule is Cc1cc(C(C)Nc2cc(S(N)(=O)=O)ccc2N)c(C)s1. The molecule has 1 aromatic heterocycles. The quantitative estimate of drug-likeness (QED) is 0.753. The van der Waals surface area contributed by atoms with Gasteiger partial charge in [-0.3, -0.25) is 0 Å². The largest absolute Gasteiger partial charge is 0.397 e. The fourth-order valence-corrected chi connectivity index (χ4v) is 3.79. The van der Waals surface area contributed by atoms with Gasteiger partial charge in [0.1, 0.15) is 0 Å². The molecule has 0 amide bonds. The molecule has 0 saturated heterocycles. The molecule has 0 saturated carbocycles. The second-order valence-corrected chi connectivity index (χ2v) is 8.05. The average Bonchev–Trinajstić information content (AvgIpc) is 2.70. The summed E-state index contributed by atoms with van der Waals surface area (Å²) in [6.07, 6.45) is 0. The first kappa shape index (κ1) is 15.8. The van der Waals surface area contributed by atoms with Crippen molar-refractivity contribution in [3.63, 3.8) is 0 Å². The molecule has 21 heavy (non-hydrogen) atoms. The van der Waals surface area contributed by atoms with Gasteiger partial charge in [-0.2, -0.15) is 0 Å². The van der Waals surface area contributed by atoms with Gasteiger partial charge in [0.05, 0.1) is 16.3 Å². The van der Waals surface area contributed by atoms with Gasteiger partial charge in [-0.05, 0) is 50.6 Å². The Bertz CT molecular complexity index is 767. The Balaban J connectivity index is 2.33. The number of nitrogens with one attached hydrogen (secondary N) is 1. The third-order valence-corrected chi connectivity index (χ3v) is 5.16. The second kappa shape index (κ2) is 5.67. The van der Waals surface area contributed by atoms with Crippen LogP contribution in [0.2, 0.25) is 0 Å². The molecule has 2 aromatic rings. The fraction of sp³-hybridized carbons (Fsp3) is 0.286. The van der Waals surface area contributed by atoms with Gasteiger partial charge in [-0.25, -0.2) is 13.6 Å². The van der Waals surface area contributed by atoms with Gasteiger partial charge in [-0.1, -0.05) is 0 Å². The fourth-order valence-electron chi connectivity index (χ4n) is 2.23. The van der Waals surface area contributed by atoms with Crippen LogP contribution < -0.4 is 16.2 Å². The Morgan fingerprint density at radius 1 is 1.24 bits per heavy atom. The van der Waals surface area contributed by atoms with Gasteiger partial charge >= 0.3 is 0 Å². The lowest BCUT2D eigenvalue weighted by molar-refractivity contribution is 0.598. The summed E-state index contributed by atoms with van der Waals surface area (Å²) in [7, 11) is -3.74. The van der Waals surface area contributed by atoms with Crippen molar-refractivity contribution in [2.24, 2.45) is 5.14 Å². The van der Waals surface area contributed by atoms with Crippen LogP contribution >= 0.6 is 11.3 Å². The Morgan fingerprint density at radius 3 is 2.43 bits per heavy atom. The number of nitrogen functional groups attached to an aromatic ring is 1. The van der Waals surface area contributed by atoms with Crippen molar-refractivity contribution in [3.8, 4) is 0 Å². The first-order valence-corrected chi connectivity index (χ1v) is 8.80. The number of hydrogen-bond donors (Lipinski definition) is 3. The number of anilines is 2. The van der Waals surface area contributed by atoms with Crippen molar-refractivity contribution in [1.29, 1.82) is 0 Å². The molecule has 1 atom stereocenters. The summed E-state index contributed by atoms with van der Waals surface area (Å²) in [6, 6.07) is 6.56. The summed E-state index contributed by atoms with van der Waals surface area (Å²) in [5.41, 5.74) is 8.14. The smallest absolute Gasteiger partial charge is 0.238 e. The minimum absolute atomic E-state index is 0.0213. The molecule has 2 rings (SSSR count). The van der Waals surface area contributed by atoms with Gasteiger partial charge in [-0.15, -0.1) is 11.3 Å². The molecule has 1 heterocycles. The molecule has 0 aliphatic carbocycles. The first-order valence-electron chi connectivity index (χ1n) is 6.44. The molecule has 0 radical (unpaired) electrons. The van der Waals surface area contributed by atoms with E-state index in [0.29, 0.717) is 11.4 Å². The van der Waals surface area contributed by atoms with Gasteiger partial charge < -0.3 is 11.1 Å². The van der Waals surface area contributed by atoms with E-state index in [-0.39, 0.29) is 10.9 Å². The number of thiophene rings is 1. The van der Waals surface area contributed by atoms with Crippen molar-refractivity contribution in [2.75, 3.05) is 11.1 Å². The van der Waals surface area contributed by atoms with Crippen LogP contribution in [0.1, 0.15) is 28.3 Å². The maximum Gasteiger partial charge on any atom is 0.238 e. The van der Waals surface area contributed by atoms with Crippen LogP contribution in [0.3, 0.4) is 0 Å². The minimum Gasteiger partial charge on any atom is -0.397 e. The summed E-state index contributed by atoms with van der Waals surface area (Å²) < 4.78 is 22.8. The average molecular weight is 325 g/mol. The summed E-state index contributed by atoms with van der Waals surface area (Å²) in [5, 5.41) is 8.41. The Morgan fingerprint density at radius 2 is 1.90 bits per heavy atom. The zero-order valence-corrected chi connectivity index (χ0v) is 13.8. The van der Waals surface area contributed by atoms with Crippen molar-refractivity contribution in [1.82, 2.24) is 0 Å². The molecule has 1 unspecified atom stereocenters. The molecule has 0 aliphatic rings. The lowest BCUT2D eigenvalue weighted by atomic mass is 10.1. The van der Waals surface area contributed by atoms with E-state index in [9.17, 15) is 8.42 Å². The first-order chi connectivity index (χ1) is 9.68. The normalized spacial score (nSPS) is 13.1. The molecular formula is C14H19N3O2S2. The van der Waals surface area contributed by atoms with Crippen LogP contribution in [-0.2, 0) is 10.0 Å². The van der Waals surface area contributed by atoms with E-state index in [1.165, 1.54) is 27.5 Å². The molecule has 0 bridgehead atoms. The molecule has 0 spiro atoms. The van der Waals surface area contributed by atoms with E-state index in [4.69, 9.17) is 10.9 Å². The highest BCUT2D eigenvalue weighted by molar-refractivity contribution is 7.89. The number of sulfonamides is 1. The van der Waals surface area contributed by atoms with Crippen LogP contribution in [0, 0.1) is 13.8 Å². The van der Waals surface area contributed by atoms with Crippen LogP contribution in [-0.4, -0.2) is 8.42 Å². The number of rotatable bonds is 4. The summed E-state index contributed by atoms with van der Waals surface area (Å²) >= 11 is 1.73. The highest BCUT2D eigenvalue weighted by atomic mass is 32.2. The van der Waals surface area contributed by atoms with Crippen LogP contribution in [0.4, 0.5) is 11.4 Å². The monoisotopic (exact) mass is 325 g/mol. The lowest BCUT2D eigenvalue weighted by Crippen LogP contribution is -2.14. The maximum atomic E-state index is 11.4. The number of primary sulfonamides is 1. The van der Waals surface area contributed by atoms with E-state index in [0.717, 1.165) is 0 Å². The summed E-state index contributed by atoms with van der Waals surface area (Å²) in [4.78, 5) is 2.51. The number of nitrogens with two attached hydrogens (primary N) is 2. The van der Waals surface area contributed by atoms with Crippen LogP contribution in [0.5, 0.6) is 0 Å². The maximum absolute atomic E-state index is 11.4. The van der Waals surface area contributed by atoms with Crippen molar-refractivity contribution < 1.29 is 8.42 Å². The minimum atomic E-state index is -3.74. The Hall–Kier alpha value is -1.57. The number of aryl methyl sites for hydroxylation is 2. The van der Waals surface area contributed by atoms with E-state index in [2.05, 4.69) is 25.2 Å². The van der Waals surface area contributed by atoms with Crippen molar-refractivity contribution in [3.05, 3.63) is 39.6 Å². The highest BCUT2D eigenvalue weighted by Crippen LogP contribution is 2.31. The molecule has 0 aliphatic heterocycles. The molecule has 114 valence electrons. The molecule has 0 fully saturated rings. The second-order valence-electron chi connectivity index (χ2n) is 5.03. The zero-order chi connectivity index (χ0) is 15.8. The molecular weight excluding hydrogens is 306 g/mol. The Kier molecular flexibility index (Phi) is 4.27. The van der Waals surface area contributed by atoms with Gasteiger partial charge in [0.15, 0.2) is 0 Å². The van der Waals surface area contributed by atoms with E-state index in [1.54, 1.807) is 17.4 Å². The summed E-state index contributed by atoms with van der Waals surface area (Å²) in [5.74, 6) is 0. The number of benzene rings is 1. The third-order valence-electron chi connectivity index (χ3n) is 3.27. The standard InChI is InChI=1S/C14H19N3O2S2/c1-8-6-12(10(3)20-8)9(2)17-14-7-11(21(16,18)19)4-5-13(14)15/h4-7,9,17H,15H2,1-3H3,(H2,16,18,19). The van der Waals surface area contributed by atoms with Crippen LogP contribution in [0.25, 0.3) is 0 Å². The summed E-state index contributed by atoms with van der Waals surface area (Å²) in [6.45, 7) is 6.14. The topological polar surface area (TPSA) is 98.2 Å². The lowest BCUT2D eigenvalue weighted by Gasteiger charge is -2.17. The molecule has 5 nitrogen and oxygen atoms in total. The Labute approximate surface area is 129 Å². The predicted octanol–water partition coefficient (Wildman–Crippen LogP) is 2.77. The van der Waals surface area contributed by atoms with Gasteiger partial charge in [0, 0.05) is 15.8 Å². The molecule has 7 heteroatoms.